The number of aromatic hydroxyl groups is 1. The van der Waals surface area contributed by atoms with Crippen LogP contribution in [-0.2, 0) is 4.74 Å². The molecule has 0 amide bonds. The molecule has 0 atom stereocenters. The molecule has 2 aromatic heterocycles. The topological polar surface area (TPSA) is 135 Å². The van der Waals surface area contributed by atoms with Crippen molar-refractivity contribution in [3.8, 4) is 5.88 Å². The van der Waals surface area contributed by atoms with Gasteiger partial charge in [0.05, 0.1) is 22.7 Å². The highest BCUT2D eigenvalue weighted by Gasteiger charge is 2.27. The number of carbonyl (C=O) groups is 1. The molecule has 0 aliphatic rings. The lowest BCUT2D eigenvalue weighted by Gasteiger charge is -2.10. The van der Waals surface area contributed by atoms with Crippen molar-refractivity contribution in [3.05, 3.63) is 76.3 Å². The molecule has 0 aliphatic carbocycles. The van der Waals surface area contributed by atoms with Crippen LogP contribution in [0, 0.1) is 10.1 Å². The van der Waals surface area contributed by atoms with E-state index >= 15 is 0 Å². The van der Waals surface area contributed by atoms with Crippen LogP contribution in [0.2, 0.25) is 0 Å². The van der Waals surface area contributed by atoms with E-state index in [2.05, 4.69) is 15.2 Å². The molecule has 0 aliphatic heterocycles. The Morgan fingerprint density at radius 2 is 1.91 bits per heavy atom. The van der Waals surface area contributed by atoms with Gasteiger partial charge in [-0.15, -0.1) is 5.11 Å². The van der Waals surface area contributed by atoms with E-state index in [1.54, 1.807) is 6.92 Å². The number of non-ortho nitro benzene ring substituents is 1. The quantitative estimate of drug-likeness (QED) is 0.154. The summed E-state index contributed by atoms with van der Waals surface area (Å²) in [5, 5.41) is 32.1. The molecule has 0 unspecified atom stereocenters. The lowest BCUT2D eigenvalue weighted by atomic mass is 10.1. The minimum Gasteiger partial charge on any atom is -0.493 e. The molecule has 0 saturated heterocycles. The van der Waals surface area contributed by atoms with Gasteiger partial charge in [0.2, 0.25) is 5.88 Å². The number of aromatic nitrogens is 2. The Kier molecular flexibility index (Phi) is 4.74. The molecule has 3 aromatic carbocycles. The fraction of sp³-hybridized carbons (Fsp3) is 0.0870. The first-order valence-corrected chi connectivity index (χ1v) is 10.1. The molecule has 2 heterocycles. The molecule has 10 heteroatoms. The Morgan fingerprint density at radius 1 is 1.15 bits per heavy atom. The molecule has 2 N–H and O–H groups in total. The maximum absolute atomic E-state index is 12.9. The van der Waals surface area contributed by atoms with Crippen molar-refractivity contribution >= 4 is 50.5 Å². The van der Waals surface area contributed by atoms with E-state index < -0.39 is 10.9 Å². The number of carbonyl (C=O) groups excluding carboxylic acids is 1. The van der Waals surface area contributed by atoms with Crippen molar-refractivity contribution in [2.24, 2.45) is 10.2 Å². The minimum absolute atomic E-state index is 0.00929. The lowest BCUT2D eigenvalue weighted by Crippen LogP contribution is -2.05. The standard InChI is InChI=1S/C23H17N5O5/c1-2-33-23(30)19-20(26-25-14-8-5-9-15(12-14)28(31)32)22(29)27-17-11-4-7-13-6-3-10-16(18(13)17)24-21(19)27/h3-12,24,29H,2H2,1H3. The van der Waals surface area contributed by atoms with Crippen LogP contribution in [0.3, 0.4) is 0 Å². The number of azo groups is 1. The average Bonchev–Trinajstić information content (AvgIpc) is 3.10. The van der Waals surface area contributed by atoms with Crippen molar-refractivity contribution < 1.29 is 19.6 Å². The summed E-state index contributed by atoms with van der Waals surface area (Å²) in [6.45, 7) is 1.80. The van der Waals surface area contributed by atoms with Crippen molar-refractivity contribution in [1.29, 1.82) is 0 Å². The number of hydrogen-bond acceptors (Lipinski definition) is 7. The molecule has 0 bridgehead atoms. The number of nitro groups is 1. The van der Waals surface area contributed by atoms with Gasteiger partial charge >= 0.3 is 5.97 Å². The van der Waals surface area contributed by atoms with Crippen LogP contribution in [0.25, 0.3) is 27.5 Å². The summed E-state index contributed by atoms with van der Waals surface area (Å²) >= 11 is 0. The maximum Gasteiger partial charge on any atom is 0.344 e. The first kappa shape index (κ1) is 20.2. The van der Waals surface area contributed by atoms with Gasteiger partial charge in [-0.25, -0.2) is 4.79 Å². The third-order valence-corrected chi connectivity index (χ3v) is 5.28. The number of aromatic amines is 1. The highest BCUT2D eigenvalue weighted by Crippen LogP contribution is 2.41. The predicted molar refractivity (Wildman–Crippen MR) is 122 cm³/mol. The Balaban J connectivity index is 1.80. The Morgan fingerprint density at radius 3 is 2.67 bits per heavy atom. The average molecular weight is 443 g/mol. The summed E-state index contributed by atoms with van der Waals surface area (Å²) in [6.07, 6.45) is 0. The van der Waals surface area contributed by atoms with Gasteiger partial charge in [0.1, 0.15) is 11.2 Å². The number of rotatable bonds is 5. The van der Waals surface area contributed by atoms with Gasteiger partial charge in [-0.1, -0.05) is 30.3 Å². The number of benzene rings is 3. The molecule has 0 spiro atoms. The van der Waals surface area contributed by atoms with E-state index in [1.165, 1.54) is 28.7 Å². The summed E-state index contributed by atoms with van der Waals surface area (Å²) < 4.78 is 6.71. The molecule has 33 heavy (non-hydrogen) atoms. The fourth-order valence-electron chi connectivity index (χ4n) is 3.91. The smallest absolute Gasteiger partial charge is 0.344 e. The van der Waals surface area contributed by atoms with Gasteiger partial charge in [0.15, 0.2) is 5.69 Å². The molecule has 5 rings (SSSR count). The number of nitrogens with zero attached hydrogens (tertiary/aromatic N) is 4. The van der Waals surface area contributed by atoms with Crippen molar-refractivity contribution in [2.45, 2.75) is 6.92 Å². The predicted octanol–water partition coefficient (Wildman–Crippen LogP) is 5.78. The zero-order valence-corrected chi connectivity index (χ0v) is 17.3. The van der Waals surface area contributed by atoms with Gasteiger partial charge < -0.3 is 14.8 Å². The molecule has 0 radical (unpaired) electrons. The summed E-state index contributed by atoms with van der Waals surface area (Å²) in [7, 11) is 0. The first-order chi connectivity index (χ1) is 16.0. The van der Waals surface area contributed by atoms with Crippen LogP contribution < -0.4 is 0 Å². The van der Waals surface area contributed by atoms with Crippen molar-refractivity contribution in [2.75, 3.05) is 6.61 Å². The normalized spacial score (nSPS) is 11.7. The lowest BCUT2D eigenvalue weighted by molar-refractivity contribution is -0.384. The van der Waals surface area contributed by atoms with Gasteiger partial charge in [-0.2, -0.15) is 5.11 Å². The third kappa shape index (κ3) is 3.24. The summed E-state index contributed by atoms with van der Waals surface area (Å²) in [4.78, 5) is 26.6. The van der Waals surface area contributed by atoms with E-state index in [4.69, 9.17) is 4.74 Å². The zero-order chi connectivity index (χ0) is 23.1. The van der Waals surface area contributed by atoms with E-state index in [9.17, 15) is 20.0 Å². The number of esters is 1. The number of hydrogen-bond donors (Lipinski definition) is 2. The molecule has 0 saturated carbocycles. The van der Waals surface area contributed by atoms with E-state index in [0.29, 0.717) is 11.2 Å². The molecular formula is C23H17N5O5. The first-order valence-electron chi connectivity index (χ1n) is 10.1. The molecule has 10 nitrogen and oxygen atoms in total. The second kappa shape index (κ2) is 7.75. The molecular weight excluding hydrogens is 426 g/mol. The second-order valence-corrected chi connectivity index (χ2v) is 7.23. The molecule has 164 valence electrons. The van der Waals surface area contributed by atoms with E-state index in [1.807, 2.05) is 36.4 Å². The summed E-state index contributed by atoms with van der Waals surface area (Å²) in [5.74, 6) is -0.995. The second-order valence-electron chi connectivity index (χ2n) is 7.23. The van der Waals surface area contributed by atoms with Crippen LogP contribution >= 0.6 is 0 Å². The number of H-pyrrole nitrogens is 1. The Labute approximate surface area is 185 Å². The van der Waals surface area contributed by atoms with Gasteiger partial charge in [0.25, 0.3) is 5.69 Å². The van der Waals surface area contributed by atoms with Crippen LogP contribution in [-0.4, -0.2) is 32.0 Å². The number of nitro benzene ring substituents is 1. The van der Waals surface area contributed by atoms with E-state index in [-0.39, 0.29) is 35.1 Å². The van der Waals surface area contributed by atoms with Gasteiger partial charge in [0, 0.05) is 23.0 Å². The van der Waals surface area contributed by atoms with Crippen LogP contribution in [0.15, 0.2) is 70.9 Å². The monoisotopic (exact) mass is 443 g/mol. The number of nitrogens with one attached hydrogen (secondary N) is 1. The highest BCUT2D eigenvalue weighted by molar-refractivity contribution is 6.11. The summed E-state index contributed by atoms with van der Waals surface area (Å²) in [5.41, 5.74) is 1.67. The van der Waals surface area contributed by atoms with Gasteiger partial charge in [-0.3, -0.25) is 14.5 Å². The molecule has 5 aromatic rings. The largest absolute Gasteiger partial charge is 0.493 e. The molecule has 0 fully saturated rings. The number of ether oxygens (including phenoxy) is 1. The van der Waals surface area contributed by atoms with Crippen molar-refractivity contribution in [1.82, 2.24) is 9.38 Å². The Bertz CT molecular complexity index is 1590. The van der Waals surface area contributed by atoms with Crippen LogP contribution in [0.1, 0.15) is 17.3 Å². The van der Waals surface area contributed by atoms with Gasteiger partial charge in [-0.05, 0) is 30.5 Å². The number of fused-ring (bicyclic) bond motifs is 2. The maximum atomic E-state index is 12.9. The fourth-order valence-corrected chi connectivity index (χ4v) is 3.91. The third-order valence-electron chi connectivity index (χ3n) is 5.28. The van der Waals surface area contributed by atoms with Crippen LogP contribution in [0.4, 0.5) is 17.1 Å². The van der Waals surface area contributed by atoms with E-state index in [0.717, 1.165) is 16.3 Å². The minimum atomic E-state index is -0.686. The highest BCUT2D eigenvalue weighted by atomic mass is 16.6. The SMILES string of the molecule is CCOC(=O)c1c(N=Nc2cccc([N+](=O)[O-])c2)c(O)n2c1[nH]c1cccc3cccc2c31. The Hall–Kier alpha value is -4.73. The van der Waals surface area contributed by atoms with Crippen LogP contribution in [0.5, 0.6) is 5.88 Å². The zero-order valence-electron chi connectivity index (χ0n) is 17.3. The summed E-state index contributed by atoms with van der Waals surface area (Å²) in [6, 6.07) is 16.9. The van der Waals surface area contributed by atoms with Crippen molar-refractivity contribution in [3.63, 3.8) is 0 Å².